The van der Waals surface area contributed by atoms with Gasteiger partial charge in [0.05, 0.1) is 12.6 Å². The number of aromatic nitrogens is 2. The number of hydrogen-bond donors (Lipinski definition) is 1. The maximum Gasteiger partial charge on any atom is 0.307 e. The summed E-state index contributed by atoms with van der Waals surface area (Å²) in [5.41, 5.74) is 2.00. The molecular weight excluding hydrogens is 292 g/mol. The molecule has 2 aromatic rings. The largest absolute Gasteiger partial charge is 0.481 e. The zero-order chi connectivity index (χ0) is 16.1. The van der Waals surface area contributed by atoms with Gasteiger partial charge in [0.2, 0.25) is 0 Å². The van der Waals surface area contributed by atoms with E-state index in [2.05, 4.69) is 19.8 Å². The standard InChI is InChI=1S/C17H20N4O2/c22-17(23)11-14-3-1-2-4-15(14)13-20-7-9-21(10-8-20)16-12-18-5-6-19-16/h1-6,12H,7-11,13H2,(H,22,23). The fourth-order valence-electron chi connectivity index (χ4n) is 2.88. The molecule has 0 spiro atoms. The zero-order valence-corrected chi connectivity index (χ0v) is 12.9. The molecule has 1 aromatic carbocycles. The average Bonchev–Trinajstić information content (AvgIpc) is 2.58. The molecule has 0 amide bonds. The summed E-state index contributed by atoms with van der Waals surface area (Å²) in [4.78, 5) is 24.0. The topological polar surface area (TPSA) is 69.6 Å². The van der Waals surface area contributed by atoms with Crippen LogP contribution in [0.2, 0.25) is 0 Å². The third kappa shape index (κ3) is 4.04. The lowest BCUT2D eigenvalue weighted by Crippen LogP contribution is -2.46. The highest BCUT2D eigenvalue weighted by molar-refractivity contribution is 5.70. The van der Waals surface area contributed by atoms with Crippen LogP contribution in [0.4, 0.5) is 5.82 Å². The van der Waals surface area contributed by atoms with Crippen molar-refractivity contribution in [2.75, 3.05) is 31.1 Å². The van der Waals surface area contributed by atoms with Crippen molar-refractivity contribution in [2.45, 2.75) is 13.0 Å². The van der Waals surface area contributed by atoms with Crippen LogP contribution in [0.15, 0.2) is 42.9 Å². The molecule has 1 aliphatic rings. The summed E-state index contributed by atoms with van der Waals surface area (Å²) < 4.78 is 0. The van der Waals surface area contributed by atoms with E-state index in [4.69, 9.17) is 5.11 Å². The van der Waals surface area contributed by atoms with E-state index in [0.717, 1.165) is 49.7 Å². The van der Waals surface area contributed by atoms with Crippen molar-refractivity contribution in [3.8, 4) is 0 Å². The molecule has 1 aliphatic heterocycles. The summed E-state index contributed by atoms with van der Waals surface area (Å²) in [6, 6.07) is 7.79. The summed E-state index contributed by atoms with van der Waals surface area (Å²) in [7, 11) is 0. The van der Waals surface area contributed by atoms with Crippen molar-refractivity contribution in [1.82, 2.24) is 14.9 Å². The van der Waals surface area contributed by atoms with Crippen LogP contribution in [0.3, 0.4) is 0 Å². The maximum atomic E-state index is 11.0. The second-order valence-corrected chi connectivity index (χ2v) is 5.67. The van der Waals surface area contributed by atoms with Crippen molar-refractivity contribution in [3.63, 3.8) is 0 Å². The highest BCUT2D eigenvalue weighted by Gasteiger charge is 2.19. The Morgan fingerprint density at radius 1 is 1.09 bits per heavy atom. The number of carboxylic acids is 1. The van der Waals surface area contributed by atoms with Crippen LogP contribution in [0.25, 0.3) is 0 Å². The van der Waals surface area contributed by atoms with E-state index in [9.17, 15) is 4.79 Å². The Labute approximate surface area is 135 Å². The van der Waals surface area contributed by atoms with E-state index >= 15 is 0 Å². The highest BCUT2D eigenvalue weighted by atomic mass is 16.4. The Hall–Kier alpha value is -2.47. The second-order valence-electron chi connectivity index (χ2n) is 5.67. The number of carbonyl (C=O) groups is 1. The lowest BCUT2D eigenvalue weighted by Gasteiger charge is -2.35. The number of rotatable bonds is 5. The van der Waals surface area contributed by atoms with Gasteiger partial charge in [-0.3, -0.25) is 14.7 Å². The number of piperazine rings is 1. The van der Waals surface area contributed by atoms with E-state index in [0.29, 0.717) is 0 Å². The Balaban J connectivity index is 1.60. The Morgan fingerprint density at radius 3 is 2.48 bits per heavy atom. The second kappa shape index (κ2) is 7.19. The normalized spacial score (nSPS) is 15.6. The van der Waals surface area contributed by atoms with Crippen LogP contribution in [0, 0.1) is 0 Å². The zero-order valence-electron chi connectivity index (χ0n) is 12.9. The fourth-order valence-corrected chi connectivity index (χ4v) is 2.88. The molecule has 0 bridgehead atoms. The van der Waals surface area contributed by atoms with E-state index in [1.165, 1.54) is 0 Å². The predicted molar refractivity (Wildman–Crippen MR) is 87.3 cm³/mol. The summed E-state index contributed by atoms with van der Waals surface area (Å²) >= 11 is 0. The van der Waals surface area contributed by atoms with Gasteiger partial charge in [0.25, 0.3) is 0 Å². The SMILES string of the molecule is O=C(O)Cc1ccccc1CN1CCN(c2cnccn2)CC1. The van der Waals surface area contributed by atoms with Crippen LogP contribution < -0.4 is 4.90 Å². The van der Waals surface area contributed by atoms with Gasteiger partial charge in [-0.25, -0.2) is 4.98 Å². The van der Waals surface area contributed by atoms with E-state index < -0.39 is 5.97 Å². The van der Waals surface area contributed by atoms with Gasteiger partial charge in [-0.2, -0.15) is 0 Å². The Kier molecular flexibility index (Phi) is 4.83. The van der Waals surface area contributed by atoms with Crippen molar-refractivity contribution in [2.24, 2.45) is 0 Å². The van der Waals surface area contributed by atoms with Gasteiger partial charge in [0.1, 0.15) is 5.82 Å². The van der Waals surface area contributed by atoms with Crippen molar-refractivity contribution in [1.29, 1.82) is 0 Å². The van der Waals surface area contributed by atoms with Gasteiger partial charge < -0.3 is 10.0 Å². The summed E-state index contributed by atoms with van der Waals surface area (Å²) in [5, 5.41) is 9.02. The number of benzene rings is 1. The van der Waals surface area contributed by atoms with Gasteiger partial charge in [0, 0.05) is 45.1 Å². The van der Waals surface area contributed by atoms with Gasteiger partial charge in [0.15, 0.2) is 0 Å². The molecule has 6 heteroatoms. The lowest BCUT2D eigenvalue weighted by atomic mass is 10.0. The molecule has 1 aromatic heterocycles. The molecule has 0 aliphatic carbocycles. The quantitative estimate of drug-likeness (QED) is 0.900. The van der Waals surface area contributed by atoms with Crippen molar-refractivity contribution >= 4 is 11.8 Å². The molecule has 0 unspecified atom stereocenters. The van der Waals surface area contributed by atoms with Gasteiger partial charge in [-0.15, -0.1) is 0 Å². The summed E-state index contributed by atoms with van der Waals surface area (Å²) in [6.07, 6.45) is 5.26. The highest BCUT2D eigenvalue weighted by Crippen LogP contribution is 2.16. The molecule has 3 rings (SSSR count). The minimum atomic E-state index is -0.787. The number of aliphatic carboxylic acids is 1. The minimum Gasteiger partial charge on any atom is -0.481 e. The molecule has 0 atom stereocenters. The van der Waals surface area contributed by atoms with E-state index in [1.54, 1.807) is 18.6 Å². The first-order valence-corrected chi connectivity index (χ1v) is 7.74. The molecule has 23 heavy (non-hydrogen) atoms. The third-order valence-corrected chi connectivity index (χ3v) is 4.10. The fraction of sp³-hybridized carbons (Fsp3) is 0.353. The van der Waals surface area contributed by atoms with E-state index in [-0.39, 0.29) is 6.42 Å². The van der Waals surface area contributed by atoms with Crippen LogP contribution in [0.5, 0.6) is 0 Å². The van der Waals surface area contributed by atoms with E-state index in [1.807, 2.05) is 24.3 Å². The summed E-state index contributed by atoms with van der Waals surface area (Å²) in [6.45, 7) is 4.45. The molecule has 1 N–H and O–H groups in total. The van der Waals surface area contributed by atoms with Gasteiger partial charge in [-0.1, -0.05) is 24.3 Å². The number of nitrogens with zero attached hydrogens (tertiary/aromatic N) is 4. The average molecular weight is 312 g/mol. The molecule has 2 heterocycles. The Bertz CT molecular complexity index is 655. The first-order valence-electron chi connectivity index (χ1n) is 7.74. The monoisotopic (exact) mass is 312 g/mol. The van der Waals surface area contributed by atoms with Gasteiger partial charge in [-0.05, 0) is 11.1 Å². The number of carboxylic acid groups (broad SMARTS) is 1. The predicted octanol–water partition coefficient (Wildman–Crippen LogP) is 1.43. The minimum absolute atomic E-state index is 0.0791. The first-order chi connectivity index (χ1) is 11.2. The molecule has 0 saturated carbocycles. The smallest absolute Gasteiger partial charge is 0.307 e. The molecule has 0 radical (unpaired) electrons. The summed E-state index contributed by atoms with van der Waals surface area (Å²) in [5.74, 6) is 0.128. The first kappa shape index (κ1) is 15.4. The van der Waals surface area contributed by atoms with Crippen LogP contribution in [-0.4, -0.2) is 52.1 Å². The van der Waals surface area contributed by atoms with Crippen molar-refractivity contribution < 1.29 is 9.90 Å². The molecule has 1 fully saturated rings. The maximum absolute atomic E-state index is 11.0. The molecular formula is C17H20N4O2. The Morgan fingerprint density at radius 2 is 1.83 bits per heavy atom. The molecule has 1 saturated heterocycles. The molecule has 120 valence electrons. The molecule has 6 nitrogen and oxygen atoms in total. The van der Waals surface area contributed by atoms with Crippen molar-refractivity contribution in [3.05, 3.63) is 54.0 Å². The lowest BCUT2D eigenvalue weighted by molar-refractivity contribution is -0.136. The van der Waals surface area contributed by atoms with Gasteiger partial charge >= 0.3 is 5.97 Å². The van der Waals surface area contributed by atoms with Crippen LogP contribution >= 0.6 is 0 Å². The number of anilines is 1. The van der Waals surface area contributed by atoms with Crippen LogP contribution in [0.1, 0.15) is 11.1 Å². The van der Waals surface area contributed by atoms with Crippen LogP contribution in [-0.2, 0) is 17.8 Å². The number of hydrogen-bond acceptors (Lipinski definition) is 5. The third-order valence-electron chi connectivity index (χ3n) is 4.10.